The van der Waals surface area contributed by atoms with Gasteiger partial charge in [0.1, 0.15) is 11.6 Å². The van der Waals surface area contributed by atoms with Crippen LogP contribution in [0.25, 0.3) is 32.0 Å². The van der Waals surface area contributed by atoms with Gasteiger partial charge in [-0.05, 0) is 56.9 Å². The first-order chi connectivity index (χ1) is 17.3. The lowest BCUT2D eigenvalue weighted by Crippen LogP contribution is -2.48. The number of nitrogen functional groups attached to an aromatic ring is 1. The molecular weight excluding hydrogens is 477 g/mol. The molecule has 10 heteroatoms. The van der Waals surface area contributed by atoms with Gasteiger partial charge < -0.3 is 5.73 Å². The number of rotatable bonds is 6. The molecule has 1 saturated carbocycles. The van der Waals surface area contributed by atoms with E-state index in [9.17, 15) is 4.79 Å². The van der Waals surface area contributed by atoms with Gasteiger partial charge in [0.2, 0.25) is 0 Å². The minimum atomic E-state index is -0.619. The highest BCUT2D eigenvalue weighted by atomic mass is 32.1. The number of aryl methyl sites for hydroxylation is 2. The number of anilines is 2. The van der Waals surface area contributed by atoms with Gasteiger partial charge in [-0.1, -0.05) is 0 Å². The summed E-state index contributed by atoms with van der Waals surface area (Å²) in [6.07, 6.45) is 3.76. The molecule has 0 unspecified atom stereocenters. The number of pyridine rings is 1. The summed E-state index contributed by atoms with van der Waals surface area (Å²) in [5.41, 5.74) is 9.02. The summed E-state index contributed by atoms with van der Waals surface area (Å²) in [6, 6.07) is 8.89. The maximum absolute atomic E-state index is 15.4. The van der Waals surface area contributed by atoms with Crippen LogP contribution in [0.4, 0.5) is 15.9 Å². The number of carbonyl (C=O) groups excluding carboxylic acids is 1. The molecule has 3 heterocycles. The molecule has 36 heavy (non-hydrogen) atoms. The first kappa shape index (κ1) is 22.7. The molecule has 0 radical (unpaired) electrons. The highest BCUT2D eigenvalue weighted by Gasteiger charge is 2.32. The number of aromatic nitrogens is 4. The summed E-state index contributed by atoms with van der Waals surface area (Å²) < 4.78 is 18.2. The standard InChI is InChI=1S/C26H26FN7OS/c1-4-33(16-7-8-21-23(9-16)36-14(2)30-21)34(13-15-5-6-15)26(35)17-10-18-22(11-20(17)27)31-25(28)19-12-29-32(3)24(18)19/h7-12,15H,4-6,13H2,1-3H3,(H2,28,31). The molecule has 1 fully saturated rings. The predicted octanol–water partition coefficient (Wildman–Crippen LogP) is 5.05. The lowest BCUT2D eigenvalue weighted by Gasteiger charge is -2.36. The number of halogens is 1. The van der Waals surface area contributed by atoms with E-state index in [2.05, 4.69) is 21.1 Å². The summed E-state index contributed by atoms with van der Waals surface area (Å²) in [5, 5.41) is 10.2. The molecule has 0 saturated heterocycles. The van der Waals surface area contributed by atoms with Crippen LogP contribution < -0.4 is 10.7 Å². The zero-order chi connectivity index (χ0) is 25.1. The zero-order valence-electron chi connectivity index (χ0n) is 20.3. The third-order valence-electron chi connectivity index (χ3n) is 6.76. The Kier molecular flexibility index (Phi) is 5.29. The third kappa shape index (κ3) is 3.72. The van der Waals surface area contributed by atoms with Crippen LogP contribution in [-0.4, -0.2) is 43.8 Å². The fourth-order valence-corrected chi connectivity index (χ4v) is 5.66. The number of nitrogens with zero attached hydrogens (tertiary/aromatic N) is 6. The van der Waals surface area contributed by atoms with Crippen LogP contribution in [0, 0.1) is 18.7 Å². The lowest BCUT2D eigenvalue weighted by molar-refractivity contribution is 0.0723. The molecule has 1 aliphatic carbocycles. The number of hydrogen-bond acceptors (Lipinski definition) is 7. The minimum Gasteiger partial charge on any atom is -0.383 e. The van der Waals surface area contributed by atoms with Crippen molar-refractivity contribution >= 4 is 60.8 Å². The van der Waals surface area contributed by atoms with Crippen molar-refractivity contribution in [3.63, 3.8) is 0 Å². The molecule has 2 N–H and O–H groups in total. The van der Waals surface area contributed by atoms with Crippen LogP contribution in [0.2, 0.25) is 0 Å². The topological polar surface area (TPSA) is 93.2 Å². The van der Waals surface area contributed by atoms with Gasteiger partial charge in [0.15, 0.2) is 0 Å². The summed E-state index contributed by atoms with van der Waals surface area (Å²) >= 11 is 1.62. The van der Waals surface area contributed by atoms with Crippen LogP contribution in [-0.2, 0) is 7.05 Å². The smallest absolute Gasteiger partial charge is 0.275 e. The molecule has 0 bridgehead atoms. The van der Waals surface area contributed by atoms with Crippen LogP contribution in [0.3, 0.4) is 0 Å². The first-order valence-electron chi connectivity index (χ1n) is 12.0. The van der Waals surface area contributed by atoms with E-state index in [1.807, 2.05) is 31.0 Å². The molecule has 5 aromatic rings. The average Bonchev–Trinajstić information content (AvgIpc) is 3.46. The molecule has 0 atom stereocenters. The van der Waals surface area contributed by atoms with Gasteiger partial charge in [0, 0.05) is 31.6 Å². The largest absolute Gasteiger partial charge is 0.383 e. The Morgan fingerprint density at radius 3 is 2.75 bits per heavy atom. The highest BCUT2D eigenvalue weighted by Crippen LogP contribution is 2.35. The molecule has 8 nitrogen and oxygen atoms in total. The molecule has 0 spiro atoms. The van der Waals surface area contributed by atoms with Gasteiger partial charge in [-0.15, -0.1) is 11.3 Å². The van der Waals surface area contributed by atoms with Crippen molar-refractivity contribution in [2.45, 2.75) is 26.7 Å². The molecule has 184 valence electrons. The van der Waals surface area contributed by atoms with Gasteiger partial charge in [-0.3, -0.25) is 14.5 Å². The third-order valence-corrected chi connectivity index (χ3v) is 7.69. The summed E-state index contributed by atoms with van der Waals surface area (Å²) in [4.78, 5) is 22.9. The minimum absolute atomic E-state index is 0.00499. The van der Waals surface area contributed by atoms with Crippen LogP contribution in [0.1, 0.15) is 35.1 Å². The fourth-order valence-electron chi connectivity index (χ4n) is 4.80. The Bertz CT molecular complexity index is 1660. The van der Waals surface area contributed by atoms with Crippen molar-refractivity contribution in [1.29, 1.82) is 0 Å². The summed E-state index contributed by atoms with van der Waals surface area (Å²) in [5.74, 6) is -0.307. The van der Waals surface area contributed by atoms with Gasteiger partial charge >= 0.3 is 0 Å². The van der Waals surface area contributed by atoms with E-state index >= 15 is 4.39 Å². The Hall–Kier alpha value is -3.79. The number of amides is 1. The quantitative estimate of drug-likeness (QED) is 0.326. The number of carbonyl (C=O) groups is 1. The highest BCUT2D eigenvalue weighted by molar-refractivity contribution is 7.18. The second-order valence-corrected chi connectivity index (χ2v) is 10.5. The van der Waals surface area contributed by atoms with Crippen LogP contribution in [0.15, 0.2) is 36.5 Å². The maximum Gasteiger partial charge on any atom is 0.275 e. The zero-order valence-corrected chi connectivity index (χ0v) is 21.1. The number of benzene rings is 2. The molecule has 6 rings (SSSR count). The van der Waals surface area contributed by atoms with Crippen molar-refractivity contribution in [2.75, 3.05) is 23.8 Å². The van der Waals surface area contributed by atoms with Gasteiger partial charge in [0.05, 0.1) is 49.1 Å². The van der Waals surface area contributed by atoms with Gasteiger partial charge in [-0.25, -0.2) is 19.4 Å². The fraction of sp³-hybridized carbons (Fsp3) is 0.308. The Morgan fingerprint density at radius 1 is 1.19 bits per heavy atom. The lowest BCUT2D eigenvalue weighted by atomic mass is 10.1. The molecule has 1 aliphatic rings. The number of hydrogen-bond donors (Lipinski definition) is 1. The van der Waals surface area contributed by atoms with Crippen molar-refractivity contribution < 1.29 is 9.18 Å². The van der Waals surface area contributed by atoms with Crippen molar-refractivity contribution in [2.24, 2.45) is 13.0 Å². The molecule has 1 amide bonds. The van der Waals surface area contributed by atoms with Gasteiger partial charge in [0.25, 0.3) is 5.91 Å². The molecular formula is C26H26FN7OS. The average molecular weight is 504 g/mol. The van der Waals surface area contributed by atoms with E-state index in [1.54, 1.807) is 40.3 Å². The van der Waals surface area contributed by atoms with E-state index in [0.29, 0.717) is 35.3 Å². The SMILES string of the molecule is CCN(c1ccc2nc(C)sc2c1)N(CC1CC1)C(=O)c1cc2c(cc1F)nc(N)c1cnn(C)c12. The Balaban J connectivity index is 1.47. The predicted molar refractivity (Wildman–Crippen MR) is 142 cm³/mol. The first-order valence-corrected chi connectivity index (χ1v) is 12.8. The normalized spacial score (nSPS) is 13.7. The van der Waals surface area contributed by atoms with Crippen molar-refractivity contribution in [3.8, 4) is 0 Å². The van der Waals surface area contributed by atoms with E-state index in [0.717, 1.165) is 39.3 Å². The molecule has 3 aromatic heterocycles. The van der Waals surface area contributed by atoms with Crippen LogP contribution >= 0.6 is 11.3 Å². The second kappa shape index (κ2) is 8.41. The number of thiazole rings is 1. The number of fused-ring (bicyclic) bond motifs is 4. The van der Waals surface area contributed by atoms with E-state index in [4.69, 9.17) is 5.73 Å². The number of nitrogens with two attached hydrogens (primary N) is 1. The van der Waals surface area contributed by atoms with E-state index < -0.39 is 5.82 Å². The van der Waals surface area contributed by atoms with Crippen molar-refractivity contribution in [3.05, 3.63) is 52.9 Å². The Morgan fingerprint density at radius 2 is 2.00 bits per heavy atom. The summed E-state index contributed by atoms with van der Waals surface area (Å²) in [7, 11) is 1.79. The van der Waals surface area contributed by atoms with Crippen molar-refractivity contribution in [1.82, 2.24) is 24.8 Å². The van der Waals surface area contributed by atoms with E-state index in [1.165, 1.54) is 6.07 Å². The molecule has 2 aromatic carbocycles. The monoisotopic (exact) mass is 503 g/mol. The maximum atomic E-state index is 15.4. The van der Waals surface area contributed by atoms with Gasteiger partial charge in [-0.2, -0.15) is 5.10 Å². The number of hydrazine groups is 1. The summed E-state index contributed by atoms with van der Waals surface area (Å²) in [6.45, 7) is 5.07. The van der Waals surface area contributed by atoms with Crippen LogP contribution in [0.5, 0.6) is 0 Å². The van der Waals surface area contributed by atoms with E-state index in [-0.39, 0.29) is 17.3 Å². The molecule has 0 aliphatic heterocycles. The second-order valence-electron chi connectivity index (χ2n) is 9.31. The Labute approximate surface area is 211 Å².